The summed E-state index contributed by atoms with van der Waals surface area (Å²) < 4.78 is 5.53. The molecular weight excluding hydrogens is 178 g/mol. The average molecular weight is 203 g/mol. The number of aliphatic hydroxyl groups excluding tert-OH is 1. The van der Waals surface area contributed by atoms with Gasteiger partial charge >= 0.3 is 0 Å². The van der Waals surface area contributed by atoms with Gasteiger partial charge in [-0.1, -0.05) is 20.3 Å². The van der Waals surface area contributed by atoms with Crippen molar-refractivity contribution < 1.29 is 9.84 Å². The normalized spacial score (nSPS) is 15.4. The standard InChI is InChI=1S/C11H25NO2/c1-4-5-10(2)9-14-7-6-11(8-13)12-3/h10-13H,4-9H2,1-3H3. The first kappa shape index (κ1) is 13.9. The highest BCUT2D eigenvalue weighted by atomic mass is 16.5. The molecule has 0 aliphatic heterocycles. The quantitative estimate of drug-likeness (QED) is 0.557. The zero-order valence-corrected chi connectivity index (χ0v) is 9.75. The number of rotatable bonds is 9. The minimum absolute atomic E-state index is 0.177. The van der Waals surface area contributed by atoms with Crippen LogP contribution in [0.1, 0.15) is 33.1 Å². The van der Waals surface area contributed by atoms with Crippen molar-refractivity contribution in [3.05, 3.63) is 0 Å². The second-order valence-electron chi connectivity index (χ2n) is 3.93. The van der Waals surface area contributed by atoms with Gasteiger partial charge in [0.1, 0.15) is 0 Å². The summed E-state index contributed by atoms with van der Waals surface area (Å²) in [6.45, 7) is 6.17. The molecule has 0 bridgehead atoms. The van der Waals surface area contributed by atoms with Crippen molar-refractivity contribution in [3.8, 4) is 0 Å². The van der Waals surface area contributed by atoms with Crippen molar-refractivity contribution in [2.75, 3.05) is 26.9 Å². The summed E-state index contributed by atoms with van der Waals surface area (Å²) in [4.78, 5) is 0. The van der Waals surface area contributed by atoms with E-state index in [1.165, 1.54) is 12.8 Å². The molecular formula is C11H25NO2. The molecule has 2 unspecified atom stereocenters. The number of hydrogen-bond donors (Lipinski definition) is 2. The van der Waals surface area contributed by atoms with Crippen LogP contribution >= 0.6 is 0 Å². The molecule has 2 atom stereocenters. The van der Waals surface area contributed by atoms with Crippen molar-refractivity contribution in [2.45, 2.75) is 39.2 Å². The Morgan fingerprint density at radius 2 is 2.07 bits per heavy atom. The minimum atomic E-state index is 0.177. The number of hydrogen-bond acceptors (Lipinski definition) is 3. The lowest BCUT2D eigenvalue weighted by Gasteiger charge is -2.14. The first-order valence-corrected chi connectivity index (χ1v) is 5.60. The lowest BCUT2D eigenvalue weighted by molar-refractivity contribution is 0.0882. The molecule has 0 saturated carbocycles. The van der Waals surface area contributed by atoms with Crippen LogP contribution < -0.4 is 5.32 Å². The van der Waals surface area contributed by atoms with Crippen molar-refractivity contribution in [3.63, 3.8) is 0 Å². The van der Waals surface area contributed by atoms with Gasteiger partial charge in [-0.15, -0.1) is 0 Å². The van der Waals surface area contributed by atoms with Crippen LogP contribution in [0.4, 0.5) is 0 Å². The molecule has 0 radical (unpaired) electrons. The van der Waals surface area contributed by atoms with E-state index in [1.807, 2.05) is 7.05 Å². The smallest absolute Gasteiger partial charge is 0.0585 e. The number of ether oxygens (including phenoxy) is 1. The molecule has 0 heterocycles. The molecule has 14 heavy (non-hydrogen) atoms. The Kier molecular flexibility index (Phi) is 9.35. The third kappa shape index (κ3) is 7.30. The highest BCUT2D eigenvalue weighted by Gasteiger charge is 2.04. The van der Waals surface area contributed by atoms with Gasteiger partial charge in [-0.05, 0) is 25.8 Å². The van der Waals surface area contributed by atoms with E-state index in [2.05, 4.69) is 19.2 Å². The van der Waals surface area contributed by atoms with Gasteiger partial charge in [0.25, 0.3) is 0 Å². The fraction of sp³-hybridized carbons (Fsp3) is 1.00. The second-order valence-corrected chi connectivity index (χ2v) is 3.93. The van der Waals surface area contributed by atoms with Crippen LogP contribution in [0.15, 0.2) is 0 Å². The van der Waals surface area contributed by atoms with Gasteiger partial charge in [0.2, 0.25) is 0 Å². The molecule has 0 aliphatic carbocycles. The molecule has 0 aromatic rings. The third-order valence-corrected chi connectivity index (χ3v) is 2.42. The van der Waals surface area contributed by atoms with Crippen LogP contribution in [0.2, 0.25) is 0 Å². The zero-order valence-electron chi connectivity index (χ0n) is 9.75. The van der Waals surface area contributed by atoms with Crippen molar-refractivity contribution in [1.29, 1.82) is 0 Å². The molecule has 0 aliphatic rings. The van der Waals surface area contributed by atoms with Gasteiger partial charge < -0.3 is 15.2 Å². The molecule has 0 amide bonds. The van der Waals surface area contributed by atoms with Gasteiger partial charge in [0.05, 0.1) is 6.61 Å². The van der Waals surface area contributed by atoms with Crippen molar-refractivity contribution in [2.24, 2.45) is 5.92 Å². The largest absolute Gasteiger partial charge is 0.395 e. The van der Waals surface area contributed by atoms with Crippen LogP contribution in [0.3, 0.4) is 0 Å². The van der Waals surface area contributed by atoms with Crippen LogP contribution in [-0.2, 0) is 4.74 Å². The van der Waals surface area contributed by atoms with Gasteiger partial charge in [-0.25, -0.2) is 0 Å². The van der Waals surface area contributed by atoms with Gasteiger partial charge in [0.15, 0.2) is 0 Å². The van der Waals surface area contributed by atoms with E-state index < -0.39 is 0 Å². The minimum Gasteiger partial charge on any atom is -0.395 e. The molecule has 2 N–H and O–H groups in total. The van der Waals surface area contributed by atoms with Crippen molar-refractivity contribution in [1.82, 2.24) is 5.32 Å². The summed E-state index contributed by atoms with van der Waals surface area (Å²) in [6.07, 6.45) is 3.33. The molecule has 0 saturated heterocycles. The number of likely N-dealkylation sites (N-methyl/N-ethyl adjacent to an activating group) is 1. The number of aliphatic hydroxyl groups is 1. The SMILES string of the molecule is CCCC(C)COCCC(CO)NC. The molecule has 3 heteroatoms. The van der Waals surface area contributed by atoms with E-state index in [0.717, 1.165) is 19.6 Å². The van der Waals surface area contributed by atoms with Crippen LogP contribution in [0.25, 0.3) is 0 Å². The average Bonchev–Trinajstić information content (AvgIpc) is 2.19. The summed E-state index contributed by atoms with van der Waals surface area (Å²) in [5.41, 5.74) is 0. The summed E-state index contributed by atoms with van der Waals surface area (Å²) in [7, 11) is 1.86. The lowest BCUT2D eigenvalue weighted by atomic mass is 10.1. The Labute approximate surface area is 87.8 Å². The van der Waals surface area contributed by atoms with E-state index in [9.17, 15) is 0 Å². The maximum Gasteiger partial charge on any atom is 0.0585 e. The maximum atomic E-state index is 8.90. The van der Waals surface area contributed by atoms with E-state index in [-0.39, 0.29) is 12.6 Å². The predicted octanol–water partition coefficient (Wildman–Crippen LogP) is 1.41. The number of nitrogens with one attached hydrogen (secondary N) is 1. The monoisotopic (exact) mass is 203 g/mol. The second kappa shape index (κ2) is 9.44. The highest BCUT2D eigenvalue weighted by Crippen LogP contribution is 2.05. The Hall–Kier alpha value is -0.120. The fourth-order valence-corrected chi connectivity index (χ4v) is 1.41. The van der Waals surface area contributed by atoms with E-state index >= 15 is 0 Å². The summed E-state index contributed by atoms with van der Waals surface area (Å²) >= 11 is 0. The molecule has 86 valence electrons. The van der Waals surface area contributed by atoms with E-state index in [1.54, 1.807) is 0 Å². The van der Waals surface area contributed by atoms with Gasteiger partial charge in [-0.2, -0.15) is 0 Å². The van der Waals surface area contributed by atoms with Crippen LogP contribution in [-0.4, -0.2) is 38.0 Å². The summed E-state index contributed by atoms with van der Waals surface area (Å²) in [5, 5.41) is 11.9. The Balaban J connectivity index is 3.27. The van der Waals surface area contributed by atoms with Crippen LogP contribution in [0.5, 0.6) is 0 Å². The first-order chi connectivity index (χ1) is 6.74. The Morgan fingerprint density at radius 3 is 2.57 bits per heavy atom. The lowest BCUT2D eigenvalue weighted by Crippen LogP contribution is -2.30. The zero-order chi connectivity index (χ0) is 10.8. The molecule has 0 fully saturated rings. The van der Waals surface area contributed by atoms with Gasteiger partial charge in [0, 0.05) is 19.3 Å². The summed E-state index contributed by atoms with van der Waals surface area (Å²) in [6, 6.07) is 0.177. The topological polar surface area (TPSA) is 41.5 Å². The molecule has 0 aromatic carbocycles. The van der Waals surface area contributed by atoms with E-state index in [4.69, 9.17) is 9.84 Å². The van der Waals surface area contributed by atoms with Gasteiger partial charge in [-0.3, -0.25) is 0 Å². The Morgan fingerprint density at radius 1 is 1.36 bits per heavy atom. The Bertz CT molecular complexity index is 116. The molecule has 0 rings (SSSR count). The maximum absolute atomic E-state index is 8.90. The molecule has 3 nitrogen and oxygen atoms in total. The fourth-order valence-electron chi connectivity index (χ4n) is 1.41. The van der Waals surface area contributed by atoms with Crippen LogP contribution in [0, 0.1) is 5.92 Å². The first-order valence-electron chi connectivity index (χ1n) is 5.60. The predicted molar refractivity (Wildman–Crippen MR) is 59.4 cm³/mol. The van der Waals surface area contributed by atoms with E-state index in [0.29, 0.717) is 5.92 Å². The molecule has 0 spiro atoms. The molecule has 0 aromatic heterocycles. The summed E-state index contributed by atoms with van der Waals surface area (Å²) in [5.74, 6) is 0.655. The third-order valence-electron chi connectivity index (χ3n) is 2.42. The highest BCUT2D eigenvalue weighted by molar-refractivity contribution is 4.61. The van der Waals surface area contributed by atoms with Crippen molar-refractivity contribution >= 4 is 0 Å².